The van der Waals surface area contributed by atoms with Crippen molar-refractivity contribution in [1.82, 2.24) is 19.4 Å². The number of pyridine rings is 1. The fourth-order valence-electron chi connectivity index (χ4n) is 5.46. The van der Waals surface area contributed by atoms with Crippen molar-refractivity contribution >= 4 is 16.9 Å². The van der Waals surface area contributed by atoms with Gasteiger partial charge >= 0.3 is 0 Å². The summed E-state index contributed by atoms with van der Waals surface area (Å²) in [4.78, 5) is 23.7. The maximum absolute atomic E-state index is 15.1. The summed E-state index contributed by atoms with van der Waals surface area (Å²) < 4.78 is 36.3. The molecule has 0 saturated carbocycles. The summed E-state index contributed by atoms with van der Waals surface area (Å²) in [7, 11) is 0. The van der Waals surface area contributed by atoms with Gasteiger partial charge in [0.15, 0.2) is 11.2 Å². The lowest BCUT2D eigenvalue weighted by Crippen LogP contribution is -2.42. The molecule has 37 heavy (non-hydrogen) atoms. The van der Waals surface area contributed by atoms with Crippen LogP contribution in [-0.2, 0) is 11.3 Å². The van der Waals surface area contributed by atoms with Crippen LogP contribution in [0, 0.1) is 12.7 Å². The second-order valence-electron chi connectivity index (χ2n) is 10.3. The van der Waals surface area contributed by atoms with Crippen LogP contribution in [0.5, 0.6) is 0 Å². The molecule has 0 unspecified atom stereocenters. The number of aliphatic hydroxyl groups is 1. The third kappa shape index (κ3) is 5.10. The summed E-state index contributed by atoms with van der Waals surface area (Å²) in [5, 5.41) is 13.9. The van der Waals surface area contributed by atoms with E-state index in [-0.39, 0.29) is 35.8 Å². The average Bonchev–Trinajstić information content (AvgIpc) is 3.26. The molecule has 2 aromatic heterocycles. The molecular weight excluding hydrogens is 480 g/mol. The second kappa shape index (κ2) is 10.4. The van der Waals surface area contributed by atoms with Crippen molar-refractivity contribution in [1.29, 1.82) is 0 Å². The molecule has 0 aliphatic carbocycles. The number of aromatic nitrogens is 3. The standard InChI is InChI=1S/C27H33F2N5O3/c1-15(2)34-18(13-33-8-6-17(28)12-33)10-23(35)20-5-4-19(16(3)26(20)34)25-21(29)11-30-27(32-25)31-22-7-9-37-14-24(22)36/h4-5,10-11,15,17,22,24,36H,6-9,12-14H2,1-3H3,(H,30,31,32)/t17-,22-,24-/m1/s1. The number of fused-ring (bicyclic) bond motifs is 1. The first-order valence-corrected chi connectivity index (χ1v) is 12.8. The number of benzene rings is 1. The number of hydrogen-bond donors (Lipinski definition) is 2. The van der Waals surface area contributed by atoms with Gasteiger partial charge in [-0.15, -0.1) is 0 Å². The third-order valence-electron chi connectivity index (χ3n) is 7.30. The minimum Gasteiger partial charge on any atom is -0.389 e. The number of nitrogens with one attached hydrogen (secondary N) is 1. The van der Waals surface area contributed by atoms with Crippen LogP contribution in [0.2, 0.25) is 0 Å². The summed E-state index contributed by atoms with van der Waals surface area (Å²) in [6, 6.07) is 4.79. The number of aliphatic hydroxyl groups excluding tert-OH is 1. The molecule has 0 bridgehead atoms. The molecule has 3 atom stereocenters. The van der Waals surface area contributed by atoms with Crippen molar-refractivity contribution in [2.24, 2.45) is 0 Å². The van der Waals surface area contributed by atoms with Crippen LogP contribution < -0.4 is 10.7 Å². The Labute approximate surface area is 214 Å². The highest BCUT2D eigenvalue weighted by Gasteiger charge is 2.26. The Kier molecular flexibility index (Phi) is 7.24. The summed E-state index contributed by atoms with van der Waals surface area (Å²) >= 11 is 0. The first-order valence-electron chi connectivity index (χ1n) is 12.8. The Morgan fingerprint density at radius 1 is 1.30 bits per heavy atom. The number of anilines is 1. The summed E-state index contributed by atoms with van der Waals surface area (Å²) in [5.41, 5.74) is 2.81. The van der Waals surface area contributed by atoms with Gasteiger partial charge in [-0.05, 0) is 45.2 Å². The molecule has 2 aliphatic heterocycles. The van der Waals surface area contributed by atoms with Crippen molar-refractivity contribution in [2.75, 3.05) is 31.6 Å². The van der Waals surface area contributed by atoms with Gasteiger partial charge in [0.1, 0.15) is 11.9 Å². The topological polar surface area (TPSA) is 92.5 Å². The maximum Gasteiger partial charge on any atom is 0.223 e. The third-order valence-corrected chi connectivity index (χ3v) is 7.30. The van der Waals surface area contributed by atoms with Crippen LogP contribution in [0.3, 0.4) is 0 Å². The van der Waals surface area contributed by atoms with Crippen LogP contribution in [0.4, 0.5) is 14.7 Å². The van der Waals surface area contributed by atoms with Gasteiger partial charge in [0.2, 0.25) is 5.95 Å². The zero-order chi connectivity index (χ0) is 26.3. The van der Waals surface area contributed by atoms with Crippen molar-refractivity contribution in [3.05, 3.63) is 51.7 Å². The molecule has 2 fully saturated rings. The number of halogens is 2. The van der Waals surface area contributed by atoms with Gasteiger partial charge in [-0.3, -0.25) is 9.69 Å². The van der Waals surface area contributed by atoms with Gasteiger partial charge in [0.25, 0.3) is 0 Å². The minimum atomic E-state index is -0.848. The van der Waals surface area contributed by atoms with E-state index in [1.165, 1.54) is 0 Å². The van der Waals surface area contributed by atoms with Crippen molar-refractivity contribution in [3.8, 4) is 11.3 Å². The SMILES string of the molecule is Cc1c(-c2nc(N[C@@H]3CCOC[C@H]3O)ncc2F)ccc2c(=O)cc(CN3CC[C@@H](F)C3)n(C(C)C)c12. The van der Waals surface area contributed by atoms with E-state index in [0.29, 0.717) is 50.0 Å². The van der Waals surface area contributed by atoms with Crippen LogP contribution in [-0.4, -0.2) is 69.2 Å². The molecule has 0 spiro atoms. The maximum atomic E-state index is 15.1. The Balaban J connectivity index is 1.59. The smallest absolute Gasteiger partial charge is 0.223 e. The zero-order valence-electron chi connectivity index (χ0n) is 21.4. The van der Waals surface area contributed by atoms with Gasteiger partial charge in [-0.2, -0.15) is 0 Å². The Hall–Kier alpha value is -2.95. The summed E-state index contributed by atoms with van der Waals surface area (Å²) in [6.45, 7) is 8.13. The number of aryl methyl sites for hydroxylation is 1. The highest BCUT2D eigenvalue weighted by atomic mass is 19.1. The fourth-order valence-corrected chi connectivity index (χ4v) is 5.46. The monoisotopic (exact) mass is 513 g/mol. The zero-order valence-corrected chi connectivity index (χ0v) is 21.4. The van der Waals surface area contributed by atoms with Crippen LogP contribution in [0.1, 0.15) is 44.0 Å². The number of hydrogen-bond acceptors (Lipinski definition) is 7. The number of alkyl halides is 1. The number of rotatable bonds is 6. The molecule has 2 aliphatic rings. The van der Waals surface area contributed by atoms with Gasteiger partial charge in [0.05, 0.1) is 30.5 Å². The molecule has 2 N–H and O–H groups in total. The molecule has 2 saturated heterocycles. The van der Waals surface area contributed by atoms with Gasteiger partial charge < -0.3 is 19.7 Å². The number of ether oxygens (including phenoxy) is 1. The lowest BCUT2D eigenvalue weighted by atomic mass is 9.99. The average molecular weight is 514 g/mol. The van der Waals surface area contributed by atoms with E-state index in [0.717, 1.165) is 23.0 Å². The fraction of sp³-hybridized carbons (Fsp3) is 0.519. The Morgan fingerprint density at radius 2 is 2.11 bits per heavy atom. The van der Waals surface area contributed by atoms with E-state index in [1.54, 1.807) is 18.2 Å². The van der Waals surface area contributed by atoms with Gasteiger partial charge in [-0.1, -0.05) is 6.07 Å². The largest absolute Gasteiger partial charge is 0.389 e. The number of nitrogens with zero attached hydrogens (tertiary/aromatic N) is 4. The first-order chi connectivity index (χ1) is 17.7. The normalized spacial score (nSPS) is 22.7. The highest BCUT2D eigenvalue weighted by Crippen LogP contribution is 2.32. The quantitative estimate of drug-likeness (QED) is 0.520. The highest BCUT2D eigenvalue weighted by molar-refractivity contribution is 5.89. The lowest BCUT2D eigenvalue weighted by molar-refractivity contribution is -0.0136. The van der Waals surface area contributed by atoms with E-state index in [1.807, 2.05) is 25.7 Å². The molecule has 3 aromatic rings. The van der Waals surface area contributed by atoms with E-state index >= 15 is 4.39 Å². The van der Waals surface area contributed by atoms with E-state index < -0.39 is 18.1 Å². The van der Waals surface area contributed by atoms with Crippen LogP contribution in [0.25, 0.3) is 22.2 Å². The van der Waals surface area contributed by atoms with E-state index in [9.17, 15) is 14.3 Å². The number of likely N-dealkylation sites (tertiary alicyclic amines) is 1. The van der Waals surface area contributed by atoms with E-state index in [2.05, 4.69) is 19.9 Å². The predicted molar refractivity (Wildman–Crippen MR) is 138 cm³/mol. The molecule has 0 amide bonds. The van der Waals surface area contributed by atoms with E-state index in [4.69, 9.17) is 4.74 Å². The van der Waals surface area contributed by atoms with Crippen molar-refractivity contribution < 1.29 is 18.6 Å². The predicted octanol–water partition coefficient (Wildman–Crippen LogP) is 3.59. The molecule has 5 rings (SSSR count). The molecule has 198 valence electrons. The molecule has 4 heterocycles. The van der Waals surface area contributed by atoms with Crippen LogP contribution in [0.15, 0.2) is 29.2 Å². The molecular formula is C27H33F2N5O3. The van der Waals surface area contributed by atoms with Gasteiger partial charge in [-0.25, -0.2) is 18.7 Å². The Morgan fingerprint density at radius 3 is 2.81 bits per heavy atom. The summed E-state index contributed by atoms with van der Waals surface area (Å²) in [5.74, 6) is -0.368. The van der Waals surface area contributed by atoms with Crippen LogP contribution >= 0.6 is 0 Å². The van der Waals surface area contributed by atoms with Crippen molar-refractivity contribution in [3.63, 3.8) is 0 Å². The lowest BCUT2D eigenvalue weighted by Gasteiger charge is -2.28. The summed E-state index contributed by atoms with van der Waals surface area (Å²) in [6.07, 6.45) is 0.633. The molecule has 8 nitrogen and oxygen atoms in total. The molecule has 0 radical (unpaired) electrons. The molecule has 10 heteroatoms. The Bertz CT molecular complexity index is 1360. The first kappa shape index (κ1) is 25.7. The molecule has 1 aromatic carbocycles. The minimum absolute atomic E-state index is 0.0123. The van der Waals surface area contributed by atoms with Gasteiger partial charge in [0, 0.05) is 55.0 Å². The van der Waals surface area contributed by atoms with Crippen molar-refractivity contribution in [2.45, 2.75) is 64.5 Å². The second-order valence-corrected chi connectivity index (χ2v) is 10.3.